The van der Waals surface area contributed by atoms with Crippen LogP contribution in [0.2, 0.25) is 0 Å². The lowest BCUT2D eigenvalue weighted by Gasteiger charge is -2.23. The predicted octanol–water partition coefficient (Wildman–Crippen LogP) is 2.00. The zero-order valence-electron chi connectivity index (χ0n) is 10.9. The van der Waals surface area contributed by atoms with Crippen LogP contribution in [0, 0.1) is 0 Å². The van der Waals surface area contributed by atoms with Gasteiger partial charge in [0.25, 0.3) is 0 Å². The van der Waals surface area contributed by atoms with Gasteiger partial charge in [0.1, 0.15) is 16.1 Å². The molecule has 0 bridgehead atoms. The Morgan fingerprint density at radius 2 is 1.90 bits per heavy atom. The van der Waals surface area contributed by atoms with Crippen LogP contribution in [0.25, 0.3) is 0 Å². The molecule has 0 atom stereocenters. The number of carbonyl (C=O) groups is 1. The van der Waals surface area contributed by atoms with Gasteiger partial charge in [-0.25, -0.2) is 8.42 Å². The molecule has 0 radical (unpaired) electrons. The highest BCUT2D eigenvalue weighted by Crippen LogP contribution is 2.36. The number of hydrogen-bond donors (Lipinski definition) is 0. The zero-order valence-corrected chi connectivity index (χ0v) is 11.8. The first-order valence-corrected chi connectivity index (χ1v) is 7.66. The Hall–Kier alpha value is -1.57. The molecule has 1 rings (SSSR count). The molecule has 0 heterocycles. The van der Waals surface area contributed by atoms with Gasteiger partial charge in [0.15, 0.2) is 0 Å². The van der Waals surface area contributed by atoms with Crippen LogP contribution >= 0.6 is 0 Å². The molecule has 0 spiro atoms. The lowest BCUT2D eigenvalue weighted by Crippen LogP contribution is -2.27. The fourth-order valence-corrected chi connectivity index (χ4v) is 2.22. The highest BCUT2D eigenvalue weighted by molar-refractivity contribution is 7.90. The summed E-state index contributed by atoms with van der Waals surface area (Å²) in [4.78, 5) is 11.8. The van der Waals surface area contributed by atoms with Crippen molar-refractivity contribution in [3.05, 3.63) is 29.3 Å². The van der Waals surface area contributed by atoms with Gasteiger partial charge in [-0.05, 0) is 18.2 Å². The van der Waals surface area contributed by atoms with Crippen molar-refractivity contribution in [1.29, 1.82) is 0 Å². The standard InChI is InChI=1S/C12H14F3NO3S/c1-16(5-6-20(2,18)19)11-4-3-9(8-17)7-10(11)12(13,14)15/h3-4,7-8H,5-6H2,1-2H3. The summed E-state index contributed by atoms with van der Waals surface area (Å²) < 4.78 is 60.9. The van der Waals surface area contributed by atoms with Crippen LogP contribution in [0.5, 0.6) is 0 Å². The number of aldehydes is 1. The Morgan fingerprint density at radius 1 is 1.30 bits per heavy atom. The molecule has 0 amide bonds. The summed E-state index contributed by atoms with van der Waals surface area (Å²) in [7, 11) is -1.90. The fraction of sp³-hybridized carbons (Fsp3) is 0.417. The maximum atomic E-state index is 12.9. The van der Waals surface area contributed by atoms with Crippen LogP contribution in [0.3, 0.4) is 0 Å². The normalized spacial score (nSPS) is 12.2. The van der Waals surface area contributed by atoms with E-state index in [1.54, 1.807) is 0 Å². The highest BCUT2D eigenvalue weighted by atomic mass is 32.2. The Labute approximate surface area is 115 Å². The van der Waals surface area contributed by atoms with E-state index in [-0.39, 0.29) is 23.5 Å². The number of benzene rings is 1. The molecule has 0 aliphatic heterocycles. The third kappa shape index (κ3) is 4.52. The molecule has 0 saturated heterocycles. The molecule has 1 aromatic carbocycles. The second-order valence-corrected chi connectivity index (χ2v) is 6.70. The van der Waals surface area contributed by atoms with Crippen LogP contribution in [0.4, 0.5) is 18.9 Å². The minimum atomic E-state index is -4.62. The van der Waals surface area contributed by atoms with Crippen LogP contribution in [0.15, 0.2) is 18.2 Å². The van der Waals surface area contributed by atoms with E-state index in [2.05, 4.69) is 0 Å². The van der Waals surface area contributed by atoms with Gasteiger partial charge >= 0.3 is 6.18 Å². The number of nitrogens with zero attached hydrogens (tertiary/aromatic N) is 1. The van der Waals surface area contributed by atoms with E-state index < -0.39 is 21.6 Å². The molecular weight excluding hydrogens is 295 g/mol. The van der Waals surface area contributed by atoms with Gasteiger partial charge in [-0.3, -0.25) is 4.79 Å². The van der Waals surface area contributed by atoms with E-state index in [0.717, 1.165) is 18.4 Å². The van der Waals surface area contributed by atoms with Crippen molar-refractivity contribution in [2.75, 3.05) is 30.5 Å². The number of rotatable bonds is 5. The molecule has 0 aliphatic rings. The monoisotopic (exact) mass is 309 g/mol. The van der Waals surface area contributed by atoms with Crippen LogP contribution in [0.1, 0.15) is 15.9 Å². The predicted molar refractivity (Wildman–Crippen MR) is 69.8 cm³/mol. The third-order valence-electron chi connectivity index (χ3n) is 2.67. The maximum absolute atomic E-state index is 12.9. The van der Waals surface area contributed by atoms with Crippen molar-refractivity contribution in [2.24, 2.45) is 0 Å². The third-order valence-corrected chi connectivity index (χ3v) is 3.59. The summed E-state index contributed by atoms with van der Waals surface area (Å²) in [5.41, 5.74) is -1.21. The van der Waals surface area contributed by atoms with E-state index in [1.165, 1.54) is 18.0 Å². The summed E-state index contributed by atoms with van der Waals surface area (Å²) in [6, 6.07) is 3.17. The van der Waals surface area contributed by atoms with Crippen molar-refractivity contribution < 1.29 is 26.4 Å². The fourth-order valence-electron chi connectivity index (χ4n) is 1.61. The average Bonchev–Trinajstić information content (AvgIpc) is 2.33. The van der Waals surface area contributed by atoms with Crippen molar-refractivity contribution >= 4 is 21.8 Å². The van der Waals surface area contributed by atoms with Crippen LogP contribution < -0.4 is 4.90 Å². The second kappa shape index (κ2) is 5.82. The molecule has 1 aromatic rings. The number of alkyl halides is 3. The van der Waals surface area contributed by atoms with Crippen molar-refractivity contribution in [1.82, 2.24) is 0 Å². The molecule has 8 heteroatoms. The molecular formula is C12H14F3NO3S. The molecule has 0 N–H and O–H groups in total. The van der Waals surface area contributed by atoms with Gasteiger partial charge in [-0.15, -0.1) is 0 Å². The SMILES string of the molecule is CN(CCS(C)(=O)=O)c1ccc(C=O)cc1C(F)(F)F. The molecule has 0 aromatic heterocycles. The molecule has 0 saturated carbocycles. The largest absolute Gasteiger partial charge is 0.418 e. The molecule has 0 fully saturated rings. The smallest absolute Gasteiger partial charge is 0.373 e. The van der Waals surface area contributed by atoms with Crippen LogP contribution in [-0.2, 0) is 16.0 Å². The Kier molecular flexibility index (Phi) is 4.80. The first-order chi connectivity index (χ1) is 9.04. The summed E-state index contributed by atoms with van der Waals surface area (Å²) in [6.45, 7) is -0.0671. The van der Waals surface area contributed by atoms with E-state index in [9.17, 15) is 26.4 Å². The van der Waals surface area contributed by atoms with Gasteiger partial charge < -0.3 is 4.90 Å². The number of carbonyl (C=O) groups excluding carboxylic acids is 1. The number of sulfone groups is 1. The Bertz CT molecular complexity index is 596. The molecule has 0 unspecified atom stereocenters. The number of hydrogen-bond acceptors (Lipinski definition) is 4. The van der Waals surface area contributed by atoms with Crippen LogP contribution in [-0.4, -0.2) is 40.3 Å². The lowest BCUT2D eigenvalue weighted by atomic mass is 10.1. The van der Waals surface area contributed by atoms with Gasteiger partial charge in [-0.2, -0.15) is 13.2 Å². The number of halogens is 3. The minimum absolute atomic E-state index is 0.0671. The maximum Gasteiger partial charge on any atom is 0.418 e. The van der Waals surface area contributed by atoms with Gasteiger partial charge in [0.05, 0.1) is 11.3 Å². The van der Waals surface area contributed by atoms with Gasteiger partial charge in [0.2, 0.25) is 0 Å². The molecule has 20 heavy (non-hydrogen) atoms. The molecule has 4 nitrogen and oxygen atoms in total. The molecule has 0 aliphatic carbocycles. The molecule has 112 valence electrons. The minimum Gasteiger partial charge on any atom is -0.373 e. The van der Waals surface area contributed by atoms with Gasteiger partial charge in [-0.1, -0.05) is 0 Å². The quantitative estimate of drug-likeness (QED) is 0.781. The lowest BCUT2D eigenvalue weighted by molar-refractivity contribution is -0.137. The highest BCUT2D eigenvalue weighted by Gasteiger charge is 2.34. The van der Waals surface area contributed by atoms with Crippen molar-refractivity contribution in [2.45, 2.75) is 6.18 Å². The summed E-state index contributed by atoms with van der Waals surface area (Å²) >= 11 is 0. The first-order valence-electron chi connectivity index (χ1n) is 5.60. The Balaban J connectivity index is 3.13. The van der Waals surface area contributed by atoms with Gasteiger partial charge in [0, 0.05) is 31.1 Å². The average molecular weight is 309 g/mol. The summed E-state index contributed by atoms with van der Waals surface area (Å²) in [5.74, 6) is -0.254. The topological polar surface area (TPSA) is 54.5 Å². The van der Waals surface area contributed by atoms with E-state index >= 15 is 0 Å². The Morgan fingerprint density at radius 3 is 2.35 bits per heavy atom. The van der Waals surface area contributed by atoms with Crippen molar-refractivity contribution in [3.8, 4) is 0 Å². The van der Waals surface area contributed by atoms with E-state index in [0.29, 0.717) is 6.29 Å². The zero-order chi connectivity index (χ0) is 15.6. The number of anilines is 1. The first kappa shape index (κ1) is 16.5. The van der Waals surface area contributed by atoms with E-state index in [1.807, 2.05) is 0 Å². The van der Waals surface area contributed by atoms with E-state index in [4.69, 9.17) is 0 Å². The van der Waals surface area contributed by atoms with Crippen molar-refractivity contribution in [3.63, 3.8) is 0 Å². The summed E-state index contributed by atoms with van der Waals surface area (Å²) in [6.07, 6.45) is -3.27. The summed E-state index contributed by atoms with van der Waals surface area (Å²) in [5, 5.41) is 0. The second-order valence-electron chi connectivity index (χ2n) is 4.44.